The second-order valence-corrected chi connectivity index (χ2v) is 10.2. The Morgan fingerprint density at radius 3 is 2.22 bits per heavy atom. The predicted molar refractivity (Wildman–Crippen MR) is 129 cm³/mol. The van der Waals surface area contributed by atoms with Gasteiger partial charge in [0.2, 0.25) is 11.9 Å². The van der Waals surface area contributed by atoms with Gasteiger partial charge < -0.3 is 5.32 Å². The molecule has 1 heterocycles. The molecule has 0 bridgehead atoms. The first-order valence-electron chi connectivity index (χ1n) is 10.2. The third-order valence-corrected chi connectivity index (χ3v) is 7.39. The maximum Gasteiger partial charge on any atom is 0.264 e. The molecule has 0 aliphatic rings. The molecule has 3 rings (SSSR count). The molecule has 3 aromatic rings. The number of carbonyl (C=O) groups excluding carboxylic acids is 1. The van der Waals surface area contributed by atoms with Crippen molar-refractivity contribution in [2.24, 2.45) is 0 Å². The number of aryl methyl sites for hydroxylation is 2. The molecule has 1 atom stereocenters. The number of sulfonamides is 1. The van der Waals surface area contributed by atoms with Crippen molar-refractivity contribution >= 4 is 39.3 Å². The molecule has 9 heteroatoms. The summed E-state index contributed by atoms with van der Waals surface area (Å²) in [6.07, 6.45) is 0.690. The van der Waals surface area contributed by atoms with E-state index in [9.17, 15) is 13.2 Å². The van der Waals surface area contributed by atoms with Crippen LogP contribution in [0.15, 0.2) is 65.6 Å². The number of rotatable bonds is 9. The van der Waals surface area contributed by atoms with Crippen LogP contribution in [0.1, 0.15) is 30.3 Å². The molecular weight excluding hydrogens is 444 g/mol. The number of hydrogen-bond acceptors (Lipinski definition) is 6. The fourth-order valence-corrected chi connectivity index (χ4v) is 5.02. The molecular formula is C23H26N4O3S2. The average Bonchev–Trinajstić information content (AvgIpc) is 2.74. The molecule has 0 saturated carbocycles. The van der Waals surface area contributed by atoms with Gasteiger partial charge >= 0.3 is 0 Å². The summed E-state index contributed by atoms with van der Waals surface area (Å²) in [4.78, 5) is 20.9. The molecule has 0 aliphatic heterocycles. The van der Waals surface area contributed by atoms with Crippen LogP contribution < -0.4 is 10.0 Å². The van der Waals surface area contributed by atoms with E-state index in [2.05, 4.69) is 20.0 Å². The van der Waals surface area contributed by atoms with Gasteiger partial charge in [-0.15, -0.1) is 11.8 Å². The first-order valence-corrected chi connectivity index (χ1v) is 12.7. The number of amides is 1. The number of nitrogens with one attached hydrogen (secondary N) is 2. The summed E-state index contributed by atoms with van der Waals surface area (Å²) in [5.41, 5.74) is 3.04. The summed E-state index contributed by atoms with van der Waals surface area (Å²) in [5.74, 6) is 0.669. The quantitative estimate of drug-likeness (QED) is 0.476. The number of benzene rings is 2. The molecule has 0 saturated heterocycles. The zero-order chi connectivity index (χ0) is 23.1. The average molecular weight is 471 g/mol. The standard InChI is InChI=1S/C23H26N4O3S2/c1-4-21(31-15-18-8-6-5-7-9-18)22(28)26-19-10-12-20(13-11-19)32(29,30)27-23-24-16(2)14-17(3)25-23/h5-14,21H,4,15H2,1-3H3,(H,26,28)(H,24,25,27). The molecule has 1 unspecified atom stereocenters. The number of anilines is 2. The Balaban J connectivity index is 1.63. The van der Waals surface area contributed by atoms with Crippen LogP contribution in [0.4, 0.5) is 11.6 Å². The summed E-state index contributed by atoms with van der Waals surface area (Å²) in [5, 5.41) is 2.67. The van der Waals surface area contributed by atoms with E-state index in [1.54, 1.807) is 43.8 Å². The number of thioether (sulfide) groups is 1. The summed E-state index contributed by atoms with van der Waals surface area (Å²) in [6.45, 7) is 5.51. The molecule has 32 heavy (non-hydrogen) atoms. The van der Waals surface area contributed by atoms with E-state index in [0.717, 1.165) is 5.75 Å². The minimum Gasteiger partial charge on any atom is -0.325 e. The summed E-state index contributed by atoms with van der Waals surface area (Å²) in [7, 11) is -3.84. The summed E-state index contributed by atoms with van der Waals surface area (Å²) >= 11 is 1.58. The third-order valence-electron chi connectivity index (χ3n) is 4.60. The van der Waals surface area contributed by atoms with Crippen molar-refractivity contribution in [1.82, 2.24) is 9.97 Å². The van der Waals surface area contributed by atoms with E-state index in [1.807, 2.05) is 37.3 Å². The second-order valence-electron chi connectivity index (χ2n) is 7.29. The van der Waals surface area contributed by atoms with Gasteiger partial charge in [0, 0.05) is 22.8 Å². The van der Waals surface area contributed by atoms with Gasteiger partial charge in [-0.05, 0) is 56.2 Å². The van der Waals surface area contributed by atoms with Crippen molar-refractivity contribution in [2.45, 2.75) is 43.1 Å². The van der Waals surface area contributed by atoms with Gasteiger partial charge in [-0.2, -0.15) is 0 Å². The highest BCUT2D eigenvalue weighted by Crippen LogP contribution is 2.23. The summed E-state index contributed by atoms with van der Waals surface area (Å²) in [6, 6.07) is 17.8. The van der Waals surface area contributed by atoms with Gasteiger partial charge in [0.05, 0.1) is 10.1 Å². The lowest BCUT2D eigenvalue weighted by Crippen LogP contribution is -2.24. The Labute approximate surface area is 193 Å². The maximum absolute atomic E-state index is 12.7. The summed E-state index contributed by atoms with van der Waals surface area (Å²) < 4.78 is 27.7. The fraction of sp³-hybridized carbons (Fsp3) is 0.261. The van der Waals surface area contributed by atoms with Crippen LogP contribution in [0.2, 0.25) is 0 Å². The van der Waals surface area contributed by atoms with Crippen molar-refractivity contribution < 1.29 is 13.2 Å². The number of nitrogens with zero attached hydrogens (tertiary/aromatic N) is 2. The SMILES string of the molecule is CCC(SCc1ccccc1)C(=O)Nc1ccc(S(=O)(=O)Nc2nc(C)cc(C)n2)cc1. The molecule has 0 fully saturated rings. The molecule has 0 aliphatic carbocycles. The Kier molecular flexibility index (Phi) is 7.87. The zero-order valence-corrected chi connectivity index (χ0v) is 19.8. The van der Waals surface area contributed by atoms with Crippen molar-refractivity contribution in [1.29, 1.82) is 0 Å². The monoisotopic (exact) mass is 470 g/mol. The Morgan fingerprint density at radius 2 is 1.62 bits per heavy atom. The van der Waals surface area contributed by atoms with Crippen LogP contribution in [0.3, 0.4) is 0 Å². The smallest absolute Gasteiger partial charge is 0.264 e. The van der Waals surface area contributed by atoms with Crippen molar-refractivity contribution in [3.05, 3.63) is 77.6 Å². The van der Waals surface area contributed by atoms with Crippen LogP contribution in [0.25, 0.3) is 0 Å². The second kappa shape index (κ2) is 10.6. The topological polar surface area (TPSA) is 101 Å². The van der Waals surface area contributed by atoms with Gasteiger partial charge in [-0.1, -0.05) is 37.3 Å². The highest BCUT2D eigenvalue weighted by Gasteiger charge is 2.19. The van der Waals surface area contributed by atoms with Crippen molar-refractivity contribution in [2.75, 3.05) is 10.0 Å². The molecule has 7 nitrogen and oxygen atoms in total. The van der Waals surface area contributed by atoms with E-state index in [0.29, 0.717) is 23.5 Å². The normalized spacial score (nSPS) is 12.2. The highest BCUT2D eigenvalue weighted by atomic mass is 32.2. The molecule has 0 radical (unpaired) electrons. The lowest BCUT2D eigenvalue weighted by Gasteiger charge is -2.15. The lowest BCUT2D eigenvalue weighted by atomic mass is 10.2. The van der Waals surface area contributed by atoms with Crippen molar-refractivity contribution in [3.8, 4) is 0 Å². The van der Waals surface area contributed by atoms with Crippen molar-refractivity contribution in [3.63, 3.8) is 0 Å². The van der Waals surface area contributed by atoms with Gasteiger partial charge in [-0.25, -0.2) is 23.1 Å². The lowest BCUT2D eigenvalue weighted by molar-refractivity contribution is -0.115. The predicted octanol–water partition coefficient (Wildman–Crippen LogP) is 4.54. The molecule has 1 amide bonds. The minimum absolute atomic E-state index is 0.0288. The number of aromatic nitrogens is 2. The third kappa shape index (κ3) is 6.54. The number of hydrogen-bond donors (Lipinski definition) is 2. The Hall–Kier alpha value is -2.91. The first-order chi connectivity index (χ1) is 15.3. The van der Waals surface area contributed by atoms with E-state index >= 15 is 0 Å². The Morgan fingerprint density at radius 1 is 1.00 bits per heavy atom. The molecule has 1 aromatic heterocycles. The van der Waals surface area contributed by atoms with Crippen LogP contribution in [0, 0.1) is 13.8 Å². The maximum atomic E-state index is 12.7. The highest BCUT2D eigenvalue weighted by molar-refractivity contribution is 7.99. The van der Waals surface area contributed by atoms with E-state index in [1.165, 1.54) is 17.7 Å². The molecule has 2 aromatic carbocycles. The minimum atomic E-state index is -3.84. The molecule has 168 valence electrons. The first kappa shape index (κ1) is 23.7. The molecule has 0 spiro atoms. The van der Waals surface area contributed by atoms with Crippen LogP contribution in [-0.4, -0.2) is 29.5 Å². The van der Waals surface area contributed by atoms with Gasteiger partial charge in [0.25, 0.3) is 10.0 Å². The van der Waals surface area contributed by atoms with E-state index in [4.69, 9.17) is 0 Å². The van der Waals surface area contributed by atoms with Gasteiger partial charge in [0.15, 0.2) is 0 Å². The van der Waals surface area contributed by atoms with E-state index in [-0.39, 0.29) is 22.0 Å². The van der Waals surface area contributed by atoms with Crippen LogP contribution >= 0.6 is 11.8 Å². The fourth-order valence-electron chi connectivity index (χ4n) is 3.04. The van der Waals surface area contributed by atoms with E-state index < -0.39 is 10.0 Å². The van der Waals surface area contributed by atoms with Crippen LogP contribution in [-0.2, 0) is 20.6 Å². The zero-order valence-electron chi connectivity index (χ0n) is 18.2. The Bertz CT molecular complexity index is 1150. The van der Waals surface area contributed by atoms with Gasteiger partial charge in [0.1, 0.15) is 0 Å². The molecule has 2 N–H and O–H groups in total. The van der Waals surface area contributed by atoms with Gasteiger partial charge in [-0.3, -0.25) is 4.79 Å². The van der Waals surface area contributed by atoms with Crippen LogP contribution in [0.5, 0.6) is 0 Å². The number of carbonyl (C=O) groups is 1. The largest absolute Gasteiger partial charge is 0.325 e.